The quantitative estimate of drug-likeness (QED) is 0.511. The smallest absolute Gasteiger partial charge is 0.189 e. The van der Waals surface area contributed by atoms with Crippen LogP contribution in [-0.4, -0.2) is 11.6 Å². The number of hydrogen-bond donors (Lipinski definition) is 0. The Labute approximate surface area is 87.9 Å². The Hall–Kier alpha value is -1.96. The molecule has 1 aromatic rings. The lowest BCUT2D eigenvalue weighted by Gasteiger charge is -1.96. The van der Waals surface area contributed by atoms with Gasteiger partial charge in [-0.2, -0.15) is 0 Å². The summed E-state index contributed by atoms with van der Waals surface area (Å²) in [5.74, 6) is -0.416. The van der Waals surface area contributed by atoms with E-state index in [4.69, 9.17) is 0 Å². The molecule has 1 aromatic carbocycles. The van der Waals surface area contributed by atoms with Gasteiger partial charge in [-0.15, -0.1) is 0 Å². The minimum atomic E-state index is -0.208. The number of rotatable bonds is 1. The average molecular weight is 198 g/mol. The second-order valence-corrected chi connectivity index (χ2v) is 3.53. The zero-order valence-corrected chi connectivity index (χ0v) is 8.36. The van der Waals surface area contributed by atoms with Gasteiger partial charge in [0.25, 0.3) is 0 Å². The van der Waals surface area contributed by atoms with Crippen LogP contribution in [0, 0.1) is 6.92 Å². The Kier molecular flexibility index (Phi) is 2.34. The maximum atomic E-state index is 11.3. The summed E-state index contributed by atoms with van der Waals surface area (Å²) < 4.78 is 0. The van der Waals surface area contributed by atoms with Crippen LogP contribution in [0.2, 0.25) is 0 Å². The van der Waals surface area contributed by atoms with Gasteiger partial charge in [0, 0.05) is 0 Å². The molecular weight excluding hydrogens is 188 g/mol. The molecule has 0 atom stereocenters. The molecule has 0 radical (unpaired) electrons. The molecule has 2 heteroatoms. The molecule has 0 saturated heterocycles. The van der Waals surface area contributed by atoms with Gasteiger partial charge >= 0.3 is 0 Å². The van der Waals surface area contributed by atoms with Gasteiger partial charge in [-0.1, -0.05) is 29.8 Å². The van der Waals surface area contributed by atoms with Gasteiger partial charge in [-0.3, -0.25) is 9.59 Å². The predicted molar refractivity (Wildman–Crippen MR) is 58.3 cm³/mol. The fourth-order valence-corrected chi connectivity index (χ4v) is 1.42. The van der Waals surface area contributed by atoms with Gasteiger partial charge in [0.15, 0.2) is 11.6 Å². The monoisotopic (exact) mass is 198 g/mol. The van der Waals surface area contributed by atoms with Crippen LogP contribution in [0.3, 0.4) is 0 Å². The molecule has 0 unspecified atom stereocenters. The SMILES string of the molecule is Cc1ccc(C=C2C(=O)C=CC2=O)cc1. The Morgan fingerprint density at radius 3 is 2.00 bits per heavy atom. The summed E-state index contributed by atoms with van der Waals surface area (Å²) in [5, 5.41) is 0. The van der Waals surface area contributed by atoms with Crippen LogP contribution in [0.25, 0.3) is 6.08 Å². The largest absolute Gasteiger partial charge is 0.289 e. The van der Waals surface area contributed by atoms with Crippen LogP contribution in [0.4, 0.5) is 0 Å². The van der Waals surface area contributed by atoms with Crippen LogP contribution >= 0.6 is 0 Å². The standard InChI is InChI=1S/C13H10O2/c1-9-2-4-10(5-3-9)8-11-12(14)6-7-13(11)15/h2-8H,1H3. The molecular formula is C13H10O2. The molecule has 0 spiro atoms. The van der Waals surface area contributed by atoms with Crippen molar-refractivity contribution >= 4 is 17.6 Å². The Morgan fingerprint density at radius 2 is 1.47 bits per heavy atom. The van der Waals surface area contributed by atoms with Crippen molar-refractivity contribution in [3.05, 3.63) is 53.1 Å². The second-order valence-electron chi connectivity index (χ2n) is 3.53. The summed E-state index contributed by atoms with van der Waals surface area (Å²) in [6, 6.07) is 7.68. The Morgan fingerprint density at radius 1 is 0.933 bits per heavy atom. The first-order chi connectivity index (χ1) is 7.16. The van der Waals surface area contributed by atoms with E-state index < -0.39 is 0 Å². The number of benzene rings is 1. The number of hydrogen-bond acceptors (Lipinski definition) is 2. The number of carbonyl (C=O) groups is 2. The van der Waals surface area contributed by atoms with E-state index in [-0.39, 0.29) is 17.1 Å². The average Bonchev–Trinajstić information content (AvgIpc) is 2.53. The third-order valence-electron chi connectivity index (χ3n) is 2.31. The van der Waals surface area contributed by atoms with Gasteiger partial charge < -0.3 is 0 Å². The van der Waals surface area contributed by atoms with Crippen molar-refractivity contribution in [2.24, 2.45) is 0 Å². The summed E-state index contributed by atoms with van der Waals surface area (Å²) >= 11 is 0. The normalized spacial score (nSPS) is 14.9. The highest BCUT2D eigenvalue weighted by Gasteiger charge is 2.19. The van der Waals surface area contributed by atoms with E-state index in [0.717, 1.165) is 11.1 Å². The van der Waals surface area contributed by atoms with Crippen LogP contribution in [0.5, 0.6) is 0 Å². The van der Waals surface area contributed by atoms with E-state index in [1.807, 2.05) is 31.2 Å². The van der Waals surface area contributed by atoms with Gasteiger partial charge in [-0.05, 0) is 30.7 Å². The summed E-state index contributed by atoms with van der Waals surface area (Å²) in [4.78, 5) is 22.6. The van der Waals surface area contributed by atoms with Gasteiger partial charge in [-0.25, -0.2) is 0 Å². The van der Waals surface area contributed by atoms with Crippen LogP contribution in [0.1, 0.15) is 11.1 Å². The van der Waals surface area contributed by atoms with Crippen molar-refractivity contribution in [3.63, 3.8) is 0 Å². The lowest BCUT2D eigenvalue weighted by molar-refractivity contribution is -0.115. The molecule has 0 heterocycles. The molecule has 1 aliphatic rings. The molecule has 2 rings (SSSR count). The maximum absolute atomic E-state index is 11.3. The third-order valence-corrected chi connectivity index (χ3v) is 2.31. The molecule has 0 aromatic heterocycles. The van der Waals surface area contributed by atoms with Crippen molar-refractivity contribution in [2.75, 3.05) is 0 Å². The lowest BCUT2D eigenvalue weighted by atomic mass is 10.1. The van der Waals surface area contributed by atoms with Crippen molar-refractivity contribution in [3.8, 4) is 0 Å². The molecule has 0 saturated carbocycles. The first-order valence-electron chi connectivity index (χ1n) is 4.72. The van der Waals surface area contributed by atoms with Gasteiger partial charge in [0.1, 0.15) is 0 Å². The molecule has 0 fully saturated rings. The van der Waals surface area contributed by atoms with E-state index in [2.05, 4.69) is 0 Å². The van der Waals surface area contributed by atoms with Crippen LogP contribution in [0.15, 0.2) is 42.0 Å². The summed E-state index contributed by atoms with van der Waals surface area (Å²) in [7, 11) is 0. The van der Waals surface area contributed by atoms with Crippen LogP contribution < -0.4 is 0 Å². The van der Waals surface area contributed by atoms with Gasteiger partial charge in [0.05, 0.1) is 5.57 Å². The van der Waals surface area contributed by atoms with Crippen molar-refractivity contribution in [1.82, 2.24) is 0 Å². The minimum Gasteiger partial charge on any atom is -0.289 e. The van der Waals surface area contributed by atoms with Crippen molar-refractivity contribution in [2.45, 2.75) is 6.92 Å². The molecule has 74 valence electrons. The van der Waals surface area contributed by atoms with E-state index >= 15 is 0 Å². The molecule has 0 bridgehead atoms. The molecule has 0 N–H and O–H groups in total. The van der Waals surface area contributed by atoms with Crippen LogP contribution in [-0.2, 0) is 9.59 Å². The fourth-order valence-electron chi connectivity index (χ4n) is 1.42. The second kappa shape index (κ2) is 3.65. The zero-order chi connectivity index (χ0) is 10.8. The number of ketones is 2. The van der Waals surface area contributed by atoms with E-state index in [9.17, 15) is 9.59 Å². The topological polar surface area (TPSA) is 34.1 Å². The molecule has 0 aliphatic heterocycles. The highest BCUT2D eigenvalue weighted by molar-refractivity contribution is 6.35. The lowest BCUT2D eigenvalue weighted by Crippen LogP contribution is -2.00. The summed E-state index contributed by atoms with van der Waals surface area (Å²) in [6.45, 7) is 1.99. The Balaban J connectivity index is 2.35. The number of allylic oxidation sites excluding steroid dienone is 3. The van der Waals surface area contributed by atoms with E-state index in [0.29, 0.717) is 0 Å². The Bertz CT molecular complexity index is 456. The summed E-state index contributed by atoms with van der Waals surface area (Å²) in [5.41, 5.74) is 2.28. The third kappa shape index (κ3) is 1.94. The maximum Gasteiger partial charge on any atom is 0.189 e. The first-order valence-corrected chi connectivity index (χ1v) is 4.72. The van der Waals surface area contributed by atoms with Crippen molar-refractivity contribution in [1.29, 1.82) is 0 Å². The number of aryl methyl sites for hydroxylation is 1. The molecule has 2 nitrogen and oxygen atoms in total. The predicted octanol–water partition coefficient (Wildman–Crippen LogP) is 2.09. The summed E-state index contributed by atoms with van der Waals surface area (Å²) in [6.07, 6.45) is 4.24. The zero-order valence-electron chi connectivity index (χ0n) is 8.36. The highest BCUT2D eigenvalue weighted by Crippen LogP contribution is 2.14. The number of carbonyl (C=O) groups excluding carboxylic acids is 2. The molecule has 1 aliphatic carbocycles. The molecule has 0 amide bonds. The first kappa shape index (κ1) is 9.59. The van der Waals surface area contributed by atoms with E-state index in [1.54, 1.807) is 6.08 Å². The van der Waals surface area contributed by atoms with Crippen molar-refractivity contribution < 1.29 is 9.59 Å². The minimum absolute atomic E-state index is 0.208. The highest BCUT2D eigenvalue weighted by atomic mass is 16.2. The van der Waals surface area contributed by atoms with E-state index in [1.165, 1.54) is 12.2 Å². The fraction of sp³-hybridized carbons (Fsp3) is 0.0769. The molecule has 15 heavy (non-hydrogen) atoms. The van der Waals surface area contributed by atoms with Gasteiger partial charge in [0.2, 0.25) is 0 Å².